The van der Waals surface area contributed by atoms with E-state index in [4.69, 9.17) is 4.74 Å². The van der Waals surface area contributed by atoms with Gasteiger partial charge in [0.1, 0.15) is 6.61 Å². The van der Waals surface area contributed by atoms with E-state index in [-0.39, 0.29) is 6.09 Å². The Kier molecular flexibility index (Phi) is 2.75. The quantitative estimate of drug-likeness (QED) is 0.732. The van der Waals surface area contributed by atoms with Crippen LogP contribution in [0.2, 0.25) is 0 Å². The van der Waals surface area contributed by atoms with Crippen molar-refractivity contribution in [3.8, 4) is 0 Å². The van der Waals surface area contributed by atoms with Crippen LogP contribution in [0.3, 0.4) is 0 Å². The van der Waals surface area contributed by atoms with Gasteiger partial charge in [0.15, 0.2) is 0 Å². The van der Waals surface area contributed by atoms with E-state index < -0.39 is 0 Å². The summed E-state index contributed by atoms with van der Waals surface area (Å²) in [5.74, 6) is 0. The Bertz CT molecular complexity index is 392. The topological polar surface area (TPSA) is 29.3 Å². The van der Waals surface area contributed by atoms with E-state index in [1.54, 1.807) is 0 Å². The molecule has 1 saturated heterocycles. The van der Waals surface area contributed by atoms with Crippen LogP contribution in [-0.4, -0.2) is 23.1 Å². The fourth-order valence-corrected chi connectivity index (χ4v) is 2.77. The molecule has 1 amide bonds. The van der Waals surface area contributed by atoms with Crippen molar-refractivity contribution in [3.05, 3.63) is 35.9 Å². The fourth-order valence-electron chi connectivity index (χ4n) is 2.77. The van der Waals surface area contributed by atoms with Crippen LogP contribution in [0.1, 0.15) is 31.2 Å². The monoisotopic (exact) mass is 231 g/mol. The van der Waals surface area contributed by atoms with Gasteiger partial charge in [0.05, 0.1) is 12.1 Å². The van der Waals surface area contributed by atoms with E-state index in [2.05, 4.69) is 0 Å². The van der Waals surface area contributed by atoms with Gasteiger partial charge in [-0.1, -0.05) is 43.2 Å². The van der Waals surface area contributed by atoms with Crippen LogP contribution in [0, 0.1) is 0 Å². The summed E-state index contributed by atoms with van der Waals surface area (Å²) < 4.78 is 5.33. The van der Waals surface area contributed by atoms with Crippen molar-refractivity contribution in [3.63, 3.8) is 0 Å². The van der Waals surface area contributed by atoms with E-state index in [0.29, 0.717) is 18.7 Å². The lowest BCUT2D eigenvalue weighted by Crippen LogP contribution is -2.15. The van der Waals surface area contributed by atoms with E-state index in [0.717, 1.165) is 18.4 Å². The maximum Gasteiger partial charge on any atom is 0.410 e. The highest BCUT2D eigenvalue weighted by Gasteiger charge is 2.52. The number of carbonyl (C=O) groups excluding carboxylic acids is 1. The summed E-state index contributed by atoms with van der Waals surface area (Å²) in [7, 11) is 0. The molecule has 1 aromatic carbocycles. The number of nitrogens with zero attached hydrogens (tertiary/aromatic N) is 1. The molecule has 3 rings (SSSR count). The van der Waals surface area contributed by atoms with Gasteiger partial charge in [0, 0.05) is 0 Å². The van der Waals surface area contributed by atoms with Crippen LogP contribution >= 0.6 is 0 Å². The molecular weight excluding hydrogens is 214 g/mol. The maximum absolute atomic E-state index is 11.8. The minimum atomic E-state index is -0.134. The molecule has 2 unspecified atom stereocenters. The molecule has 2 aliphatic rings. The van der Waals surface area contributed by atoms with Crippen molar-refractivity contribution >= 4 is 6.09 Å². The smallest absolute Gasteiger partial charge is 0.410 e. The Morgan fingerprint density at radius 1 is 1.18 bits per heavy atom. The third-order valence-corrected chi connectivity index (χ3v) is 3.73. The van der Waals surface area contributed by atoms with Crippen LogP contribution in [0.5, 0.6) is 0 Å². The summed E-state index contributed by atoms with van der Waals surface area (Å²) in [6.45, 7) is 0.385. The maximum atomic E-state index is 11.8. The number of rotatable bonds is 2. The van der Waals surface area contributed by atoms with Gasteiger partial charge in [-0.25, -0.2) is 4.79 Å². The lowest BCUT2D eigenvalue weighted by Gasteiger charge is -2.06. The van der Waals surface area contributed by atoms with Crippen molar-refractivity contribution in [2.75, 3.05) is 0 Å². The molecule has 3 nitrogen and oxygen atoms in total. The highest BCUT2D eigenvalue weighted by Crippen LogP contribution is 2.40. The third kappa shape index (κ3) is 2.14. The second-order valence-electron chi connectivity index (χ2n) is 4.87. The minimum absolute atomic E-state index is 0.134. The Balaban J connectivity index is 1.51. The summed E-state index contributed by atoms with van der Waals surface area (Å²) in [6.07, 6.45) is 4.69. The summed E-state index contributed by atoms with van der Waals surface area (Å²) >= 11 is 0. The average Bonchev–Trinajstić information content (AvgIpc) is 3.11. The third-order valence-electron chi connectivity index (χ3n) is 3.73. The molecule has 1 aromatic rings. The molecule has 0 radical (unpaired) electrons. The normalized spacial score (nSPS) is 26.2. The first-order valence-corrected chi connectivity index (χ1v) is 6.35. The first-order chi connectivity index (χ1) is 8.36. The van der Waals surface area contributed by atoms with Crippen molar-refractivity contribution < 1.29 is 9.53 Å². The van der Waals surface area contributed by atoms with Gasteiger partial charge >= 0.3 is 6.09 Å². The van der Waals surface area contributed by atoms with E-state index in [9.17, 15) is 4.79 Å². The molecular formula is C14H17NO2. The highest BCUT2D eigenvalue weighted by molar-refractivity contribution is 5.72. The standard InChI is InChI=1S/C14H17NO2/c16-14(15-12-8-4-5-9-13(12)15)17-10-11-6-2-1-3-7-11/h1-3,6-7,12-13H,4-5,8-10H2. The second kappa shape index (κ2) is 4.40. The van der Waals surface area contributed by atoms with Crippen LogP contribution in [0.25, 0.3) is 0 Å². The molecule has 1 aliphatic carbocycles. The van der Waals surface area contributed by atoms with E-state index in [1.807, 2.05) is 35.2 Å². The molecule has 90 valence electrons. The van der Waals surface area contributed by atoms with Gasteiger partial charge < -0.3 is 4.74 Å². The Morgan fingerprint density at radius 3 is 2.47 bits per heavy atom. The number of fused-ring (bicyclic) bond motifs is 1. The van der Waals surface area contributed by atoms with Crippen LogP contribution in [0.15, 0.2) is 30.3 Å². The summed E-state index contributed by atoms with van der Waals surface area (Å²) in [5.41, 5.74) is 1.05. The van der Waals surface area contributed by atoms with Crippen molar-refractivity contribution in [2.24, 2.45) is 0 Å². The van der Waals surface area contributed by atoms with Gasteiger partial charge in [0.25, 0.3) is 0 Å². The van der Waals surface area contributed by atoms with Crippen LogP contribution in [-0.2, 0) is 11.3 Å². The minimum Gasteiger partial charge on any atom is -0.445 e. The molecule has 2 atom stereocenters. The summed E-state index contributed by atoms with van der Waals surface area (Å²) in [6, 6.07) is 10.8. The molecule has 0 bridgehead atoms. The van der Waals surface area contributed by atoms with Gasteiger partial charge in [-0.3, -0.25) is 4.90 Å². The molecule has 0 aromatic heterocycles. The summed E-state index contributed by atoms with van der Waals surface area (Å²) in [4.78, 5) is 13.8. The molecule has 1 aliphatic heterocycles. The van der Waals surface area contributed by atoms with Crippen LogP contribution < -0.4 is 0 Å². The van der Waals surface area contributed by atoms with Crippen LogP contribution in [0.4, 0.5) is 4.79 Å². The second-order valence-corrected chi connectivity index (χ2v) is 4.87. The fraction of sp³-hybridized carbons (Fsp3) is 0.500. The van der Waals surface area contributed by atoms with Gasteiger partial charge in [-0.2, -0.15) is 0 Å². The van der Waals surface area contributed by atoms with Gasteiger partial charge in [-0.15, -0.1) is 0 Å². The molecule has 0 N–H and O–H groups in total. The SMILES string of the molecule is O=C(OCc1ccccc1)N1C2CCCCC21. The largest absolute Gasteiger partial charge is 0.445 e. The van der Waals surface area contributed by atoms with E-state index in [1.165, 1.54) is 12.8 Å². The number of carbonyl (C=O) groups is 1. The first kappa shape index (κ1) is 10.6. The molecule has 17 heavy (non-hydrogen) atoms. The Labute approximate surface area is 101 Å². The zero-order chi connectivity index (χ0) is 11.7. The summed E-state index contributed by atoms with van der Waals surface area (Å²) in [5, 5.41) is 0. The molecule has 1 heterocycles. The highest BCUT2D eigenvalue weighted by atomic mass is 16.6. The Hall–Kier alpha value is -1.51. The molecule has 3 heteroatoms. The van der Waals surface area contributed by atoms with Crippen molar-refractivity contribution in [1.82, 2.24) is 4.90 Å². The number of amides is 1. The first-order valence-electron chi connectivity index (χ1n) is 6.35. The number of likely N-dealkylation sites (tertiary alicyclic amines) is 1. The zero-order valence-corrected chi connectivity index (χ0v) is 9.84. The Morgan fingerprint density at radius 2 is 1.82 bits per heavy atom. The molecule has 1 saturated carbocycles. The number of benzene rings is 1. The molecule has 2 fully saturated rings. The zero-order valence-electron chi connectivity index (χ0n) is 9.84. The molecule has 0 spiro atoms. The van der Waals surface area contributed by atoms with Crippen molar-refractivity contribution in [2.45, 2.75) is 44.4 Å². The predicted octanol–water partition coefficient (Wildman–Crippen LogP) is 2.95. The average molecular weight is 231 g/mol. The lowest BCUT2D eigenvalue weighted by molar-refractivity contribution is 0.120. The van der Waals surface area contributed by atoms with Gasteiger partial charge in [-0.05, 0) is 18.4 Å². The van der Waals surface area contributed by atoms with Gasteiger partial charge in [0.2, 0.25) is 0 Å². The number of ether oxygens (including phenoxy) is 1. The number of hydrogen-bond donors (Lipinski definition) is 0. The van der Waals surface area contributed by atoms with E-state index >= 15 is 0 Å². The predicted molar refractivity (Wildman–Crippen MR) is 64.5 cm³/mol. The number of hydrogen-bond acceptors (Lipinski definition) is 2. The van der Waals surface area contributed by atoms with Crippen molar-refractivity contribution in [1.29, 1.82) is 0 Å². The lowest BCUT2D eigenvalue weighted by atomic mass is 10.0.